The number of ether oxygens (including phenoxy) is 2. The zero-order valence-corrected chi connectivity index (χ0v) is 33.0. The Morgan fingerprint density at radius 3 is 1.37 bits per heavy atom. The molecule has 0 saturated carbocycles. The van der Waals surface area contributed by atoms with Gasteiger partial charge in [0.1, 0.15) is 6.10 Å². The highest BCUT2D eigenvalue weighted by molar-refractivity contribution is 5.69. The second-order valence-electron chi connectivity index (χ2n) is 14.4. The molecular formula is C45H84O4. The van der Waals surface area contributed by atoms with E-state index in [-0.39, 0.29) is 12.6 Å². The summed E-state index contributed by atoms with van der Waals surface area (Å²) in [6, 6.07) is 0. The second-order valence-corrected chi connectivity index (χ2v) is 14.4. The molecule has 1 unspecified atom stereocenters. The van der Waals surface area contributed by atoms with Gasteiger partial charge in [-0.1, -0.05) is 185 Å². The van der Waals surface area contributed by atoms with Crippen LogP contribution in [0.5, 0.6) is 0 Å². The fraction of sp³-hybridized carbons (Fsp3) is 0.844. The Kier molecular flexibility index (Phi) is 41.6. The minimum Gasteiger partial charge on any atom is -0.457 e. The summed E-state index contributed by atoms with van der Waals surface area (Å²) in [6.45, 7) is 5.28. The van der Waals surface area contributed by atoms with Gasteiger partial charge in [-0.2, -0.15) is 0 Å². The van der Waals surface area contributed by atoms with Crippen molar-refractivity contribution >= 4 is 5.97 Å². The van der Waals surface area contributed by atoms with Crippen molar-refractivity contribution < 1.29 is 19.4 Å². The van der Waals surface area contributed by atoms with Gasteiger partial charge in [0.05, 0.1) is 13.2 Å². The summed E-state index contributed by atoms with van der Waals surface area (Å²) in [5, 5.41) is 9.58. The smallest absolute Gasteiger partial charge is 0.306 e. The lowest BCUT2D eigenvalue weighted by Crippen LogP contribution is -2.27. The summed E-state index contributed by atoms with van der Waals surface area (Å²) in [5.41, 5.74) is 0. The summed E-state index contributed by atoms with van der Waals surface area (Å²) in [4.78, 5) is 12.2. The van der Waals surface area contributed by atoms with Gasteiger partial charge in [0.25, 0.3) is 0 Å². The lowest BCUT2D eigenvalue weighted by atomic mass is 10.0. The van der Waals surface area contributed by atoms with Gasteiger partial charge in [0.15, 0.2) is 0 Å². The Bertz CT molecular complexity index is 728. The van der Waals surface area contributed by atoms with Crippen LogP contribution in [0.2, 0.25) is 0 Å². The normalized spacial score (nSPS) is 12.6. The van der Waals surface area contributed by atoms with Crippen molar-refractivity contribution in [2.75, 3.05) is 19.8 Å². The first kappa shape index (κ1) is 47.6. The van der Waals surface area contributed by atoms with Gasteiger partial charge in [-0.15, -0.1) is 0 Å². The molecule has 0 radical (unpaired) electrons. The van der Waals surface area contributed by atoms with E-state index in [0.717, 1.165) is 38.5 Å². The largest absolute Gasteiger partial charge is 0.457 e. The Labute approximate surface area is 306 Å². The van der Waals surface area contributed by atoms with E-state index in [1.54, 1.807) is 0 Å². The maximum atomic E-state index is 12.2. The lowest BCUT2D eigenvalue weighted by Gasteiger charge is -2.15. The standard InChI is InChI=1S/C45H84O4/c1-3-5-7-9-11-13-15-17-18-19-20-21-22-23-24-25-26-27-29-31-33-35-37-39-41-48-43-44(42-46)49-45(47)40-38-36-34-32-30-28-16-14-12-10-8-6-4-2/h8,10,14,16,19-20,44,46H,3-7,9,11-13,15,17-18,21-43H2,1-2H3/b10-8-,16-14-,20-19-. The van der Waals surface area contributed by atoms with Gasteiger partial charge in [-0.25, -0.2) is 0 Å². The monoisotopic (exact) mass is 689 g/mol. The van der Waals surface area contributed by atoms with Crippen LogP contribution in [0.4, 0.5) is 0 Å². The fourth-order valence-corrected chi connectivity index (χ4v) is 6.18. The first-order valence-corrected chi connectivity index (χ1v) is 21.6. The van der Waals surface area contributed by atoms with E-state index in [1.165, 1.54) is 161 Å². The lowest BCUT2D eigenvalue weighted by molar-refractivity contribution is -0.154. The third kappa shape index (κ3) is 40.9. The van der Waals surface area contributed by atoms with Gasteiger partial charge in [0.2, 0.25) is 0 Å². The predicted molar refractivity (Wildman–Crippen MR) is 214 cm³/mol. The summed E-state index contributed by atoms with van der Waals surface area (Å²) in [7, 11) is 0. The molecule has 0 bridgehead atoms. The fourth-order valence-electron chi connectivity index (χ4n) is 6.18. The van der Waals surface area contributed by atoms with Gasteiger partial charge < -0.3 is 14.6 Å². The minimum atomic E-state index is -0.540. The van der Waals surface area contributed by atoms with E-state index >= 15 is 0 Å². The molecule has 0 fully saturated rings. The average molecular weight is 689 g/mol. The third-order valence-corrected chi connectivity index (χ3v) is 9.42. The zero-order chi connectivity index (χ0) is 35.6. The maximum absolute atomic E-state index is 12.2. The van der Waals surface area contributed by atoms with Crippen molar-refractivity contribution in [3.63, 3.8) is 0 Å². The molecule has 0 aromatic carbocycles. The van der Waals surface area contributed by atoms with Crippen LogP contribution < -0.4 is 0 Å². The number of esters is 1. The van der Waals surface area contributed by atoms with Crippen LogP contribution in [0.1, 0.15) is 219 Å². The van der Waals surface area contributed by atoms with Gasteiger partial charge >= 0.3 is 5.97 Å². The molecule has 0 aliphatic carbocycles. The molecule has 0 saturated heterocycles. The molecule has 4 nitrogen and oxygen atoms in total. The van der Waals surface area contributed by atoms with Crippen molar-refractivity contribution in [2.45, 2.75) is 225 Å². The van der Waals surface area contributed by atoms with Crippen LogP contribution in [-0.2, 0) is 14.3 Å². The van der Waals surface area contributed by atoms with Gasteiger partial charge in [0, 0.05) is 13.0 Å². The van der Waals surface area contributed by atoms with Crippen LogP contribution >= 0.6 is 0 Å². The Morgan fingerprint density at radius 1 is 0.490 bits per heavy atom. The molecule has 0 aromatic rings. The number of unbranched alkanes of at least 4 members (excludes halogenated alkanes) is 26. The molecule has 0 aliphatic heterocycles. The number of aliphatic hydroxyl groups is 1. The minimum absolute atomic E-state index is 0.176. The Balaban J connectivity index is 3.38. The SMILES string of the molecule is CCC/C=C\C/C=C\CCCCCCCC(=O)OC(CO)COCCCCCCCCCCCCCC/C=C\CCCCCCCCCC. The van der Waals surface area contributed by atoms with E-state index in [0.29, 0.717) is 19.6 Å². The highest BCUT2D eigenvalue weighted by Gasteiger charge is 2.13. The number of carbonyl (C=O) groups is 1. The molecule has 0 rings (SSSR count). The van der Waals surface area contributed by atoms with E-state index < -0.39 is 6.10 Å². The molecule has 1 N–H and O–H groups in total. The van der Waals surface area contributed by atoms with E-state index in [9.17, 15) is 9.90 Å². The van der Waals surface area contributed by atoms with Crippen LogP contribution in [0.3, 0.4) is 0 Å². The maximum Gasteiger partial charge on any atom is 0.306 e. The first-order chi connectivity index (χ1) is 24.2. The number of aliphatic hydroxyl groups excluding tert-OH is 1. The van der Waals surface area contributed by atoms with Crippen LogP contribution in [-0.4, -0.2) is 37.0 Å². The second kappa shape index (κ2) is 42.8. The first-order valence-electron chi connectivity index (χ1n) is 21.6. The number of hydrogen-bond donors (Lipinski definition) is 1. The van der Waals surface area contributed by atoms with Crippen LogP contribution in [0.15, 0.2) is 36.5 Å². The highest BCUT2D eigenvalue weighted by Crippen LogP contribution is 2.14. The van der Waals surface area contributed by atoms with Crippen molar-refractivity contribution in [2.24, 2.45) is 0 Å². The molecule has 0 aromatic heterocycles. The number of allylic oxidation sites excluding steroid dienone is 6. The number of rotatable bonds is 40. The van der Waals surface area contributed by atoms with Crippen molar-refractivity contribution in [3.8, 4) is 0 Å². The highest BCUT2D eigenvalue weighted by atomic mass is 16.6. The molecule has 288 valence electrons. The number of carbonyl (C=O) groups excluding carboxylic acids is 1. The topological polar surface area (TPSA) is 55.8 Å². The molecule has 49 heavy (non-hydrogen) atoms. The Hall–Kier alpha value is -1.39. The van der Waals surface area contributed by atoms with Crippen LogP contribution in [0, 0.1) is 0 Å². The van der Waals surface area contributed by atoms with Gasteiger partial charge in [-0.05, 0) is 64.2 Å². The van der Waals surface area contributed by atoms with Crippen molar-refractivity contribution in [1.82, 2.24) is 0 Å². The third-order valence-electron chi connectivity index (χ3n) is 9.42. The van der Waals surface area contributed by atoms with Crippen molar-refractivity contribution in [1.29, 1.82) is 0 Å². The van der Waals surface area contributed by atoms with E-state index in [2.05, 4.69) is 50.3 Å². The van der Waals surface area contributed by atoms with Crippen molar-refractivity contribution in [3.05, 3.63) is 36.5 Å². The molecule has 0 amide bonds. The molecule has 4 heteroatoms. The molecule has 0 heterocycles. The number of hydrogen-bond acceptors (Lipinski definition) is 4. The van der Waals surface area contributed by atoms with E-state index in [4.69, 9.17) is 9.47 Å². The predicted octanol–water partition coefficient (Wildman–Crippen LogP) is 14.1. The summed E-state index contributed by atoms with van der Waals surface area (Å²) < 4.78 is 11.1. The molecular weight excluding hydrogens is 604 g/mol. The molecule has 1 atom stereocenters. The molecule has 0 aliphatic rings. The zero-order valence-electron chi connectivity index (χ0n) is 33.0. The quantitative estimate of drug-likeness (QED) is 0.0395. The average Bonchev–Trinajstić information content (AvgIpc) is 3.11. The van der Waals surface area contributed by atoms with E-state index in [1.807, 2.05) is 0 Å². The van der Waals surface area contributed by atoms with Gasteiger partial charge in [-0.3, -0.25) is 4.79 Å². The van der Waals surface area contributed by atoms with Crippen LogP contribution in [0.25, 0.3) is 0 Å². The summed E-state index contributed by atoms with van der Waals surface area (Å²) in [6.07, 6.45) is 53.6. The summed E-state index contributed by atoms with van der Waals surface area (Å²) >= 11 is 0. The summed E-state index contributed by atoms with van der Waals surface area (Å²) in [5.74, 6) is -0.214. The Morgan fingerprint density at radius 2 is 0.898 bits per heavy atom. The molecule has 0 spiro atoms.